The van der Waals surface area contributed by atoms with E-state index in [1.807, 2.05) is 46.0 Å². The summed E-state index contributed by atoms with van der Waals surface area (Å²) in [6, 6.07) is 7.07. The Bertz CT molecular complexity index is 1330. The van der Waals surface area contributed by atoms with Crippen LogP contribution >= 0.6 is 23.1 Å². The summed E-state index contributed by atoms with van der Waals surface area (Å²) in [5.41, 5.74) is 8.67. The molecule has 0 spiro atoms. The van der Waals surface area contributed by atoms with E-state index in [0.29, 0.717) is 27.1 Å². The maximum Gasteiger partial charge on any atom is 0.251 e. The summed E-state index contributed by atoms with van der Waals surface area (Å²) in [5.74, 6) is -0.162. The van der Waals surface area contributed by atoms with Gasteiger partial charge in [-0.2, -0.15) is 0 Å². The van der Waals surface area contributed by atoms with Gasteiger partial charge in [0.05, 0.1) is 17.4 Å². The minimum atomic E-state index is -0.507. The van der Waals surface area contributed by atoms with Gasteiger partial charge in [0.25, 0.3) is 11.8 Å². The molecule has 2 heterocycles. The lowest BCUT2D eigenvalue weighted by Crippen LogP contribution is -2.33. The quantitative estimate of drug-likeness (QED) is 0.351. The maximum absolute atomic E-state index is 12.9. The van der Waals surface area contributed by atoms with Crippen molar-refractivity contribution >= 4 is 45.8 Å². The molecule has 0 radical (unpaired) electrons. The molecule has 9 nitrogen and oxygen atoms in total. The molecule has 0 fully saturated rings. The van der Waals surface area contributed by atoms with Crippen LogP contribution in [0.3, 0.4) is 0 Å². The number of aryl methyl sites for hydroxylation is 2. The van der Waals surface area contributed by atoms with Gasteiger partial charge in [0.2, 0.25) is 5.91 Å². The zero-order valence-corrected chi connectivity index (χ0v) is 23.1. The number of nitrogens with one attached hydrogen (secondary N) is 2. The third-order valence-electron chi connectivity index (χ3n) is 6.38. The Labute approximate surface area is 224 Å². The fourth-order valence-electron chi connectivity index (χ4n) is 4.47. The summed E-state index contributed by atoms with van der Waals surface area (Å²) in [6.07, 6.45) is 3.81. The molecule has 1 aliphatic carbocycles. The molecule has 196 valence electrons. The van der Waals surface area contributed by atoms with Gasteiger partial charge >= 0.3 is 0 Å². The number of hydrogen-bond donors (Lipinski definition) is 3. The number of nitrogens with zero attached hydrogens (tertiary/aromatic N) is 3. The Hall–Kier alpha value is -3.18. The third-order valence-corrected chi connectivity index (χ3v) is 8.61. The average Bonchev–Trinajstić information content (AvgIpc) is 3.40. The monoisotopic (exact) mass is 540 g/mol. The number of fused-ring (bicyclic) bond motifs is 1. The molecule has 0 saturated heterocycles. The van der Waals surface area contributed by atoms with Gasteiger partial charge in [-0.25, -0.2) is 0 Å². The van der Waals surface area contributed by atoms with E-state index >= 15 is 0 Å². The van der Waals surface area contributed by atoms with Crippen molar-refractivity contribution in [2.75, 3.05) is 11.1 Å². The van der Waals surface area contributed by atoms with E-state index in [1.54, 1.807) is 10.6 Å². The first kappa shape index (κ1) is 26.9. The van der Waals surface area contributed by atoms with Crippen molar-refractivity contribution in [1.82, 2.24) is 20.1 Å². The van der Waals surface area contributed by atoms with E-state index in [9.17, 15) is 14.4 Å². The largest absolute Gasteiger partial charge is 0.365 e. The van der Waals surface area contributed by atoms with E-state index in [4.69, 9.17) is 5.73 Å². The molecule has 3 amide bonds. The molecule has 4 rings (SSSR count). The molecule has 2 aromatic heterocycles. The highest BCUT2D eigenvalue weighted by atomic mass is 32.2. The van der Waals surface area contributed by atoms with Gasteiger partial charge < -0.3 is 20.9 Å². The number of anilines is 1. The Morgan fingerprint density at radius 1 is 1.19 bits per heavy atom. The Morgan fingerprint density at radius 2 is 1.95 bits per heavy atom. The van der Waals surface area contributed by atoms with Crippen LogP contribution in [-0.4, -0.2) is 38.2 Å². The molecule has 3 aromatic rings. The van der Waals surface area contributed by atoms with Gasteiger partial charge in [-0.1, -0.05) is 43.3 Å². The zero-order chi connectivity index (χ0) is 26.7. The number of carbonyl (C=O) groups excluding carboxylic acids is 3. The summed E-state index contributed by atoms with van der Waals surface area (Å²) in [5, 5.41) is 15.6. The van der Waals surface area contributed by atoms with Crippen molar-refractivity contribution in [2.24, 2.45) is 18.7 Å². The smallest absolute Gasteiger partial charge is 0.251 e. The molecule has 1 aromatic carbocycles. The number of rotatable bonds is 9. The molecule has 0 saturated carbocycles. The minimum Gasteiger partial charge on any atom is -0.365 e. The van der Waals surface area contributed by atoms with Crippen molar-refractivity contribution in [3.8, 4) is 0 Å². The number of amides is 3. The number of thioether (sulfide) groups is 1. The summed E-state index contributed by atoms with van der Waals surface area (Å²) >= 11 is 2.69. The summed E-state index contributed by atoms with van der Waals surface area (Å²) in [4.78, 5) is 38.9. The second-order valence-corrected chi connectivity index (χ2v) is 11.6. The van der Waals surface area contributed by atoms with Crippen molar-refractivity contribution < 1.29 is 14.4 Å². The zero-order valence-electron chi connectivity index (χ0n) is 21.5. The fourth-order valence-corrected chi connectivity index (χ4v) is 6.50. The van der Waals surface area contributed by atoms with E-state index in [0.717, 1.165) is 41.7 Å². The maximum atomic E-state index is 12.9. The predicted molar refractivity (Wildman–Crippen MR) is 146 cm³/mol. The van der Waals surface area contributed by atoms with Crippen molar-refractivity contribution in [1.29, 1.82) is 0 Å². The molecule has 0 bridgehead atoms. The van der Waals surface area contributed by atoms with E-state index in [2.05, 4.69) is 20.8 Å². The molecule has 11 heteroatoms. The van der Waals surface area contributed by atoms with Crippen LogP contribution in [0.1, 0.15) is 75.3 Å². The first-order valence-corrected chi connectivity index (χ1v) is 14.1. The summed E-state index contributed by atoms with van der Waals surface area (Å²) in [6.45, 7) is 5.96. The van der Waals surface area contributed by atoms with Crippen molar-refractivity contribution in [2.45, 2.75) is 57.7 Å². The summed E-state index contributed by atoms with van der Waals surface area (Å²) < 4.78 is 1.80. The molecule has 4 N–H and O–H groups in total. The highest BCUT2D eigenvalue weighted by Gasteiger charge is 2.27. The second kappa shape index (κ2) is 11.5. The Morgan fingerprint density at radius 3 is 2.65 bits per heavy atom. The predicted octanol–water partition coefficient (Wildman–Crippen LogP) is 4.02. The lowest BCUT2D eigenvalue weighted by Gasteiger charge is -2.21. The number of thiophene rings is 1. The lowest BCUT2D eigenvalue weighted by molar-refractivity contribution is -0.113. The molecule has 0 aliphatic heterocycles. The van der Waals surface area contributed by atoms with Gasteiger partial charge in [0, 0.05) is 17.5 Å². The number of primary amides is 1. The first-order valence-electron chi connectivity index (χ1n) is 12.3. The minimum absolute atomic E-state index is 0.0647. The number of carbonyl (C=O) groups is 3. The van der Waals surface area contributed by atoms with Gasteiger partial charge in [0.15, 0.2) is 11.0 Å². The van der Waals surface area contributed by atoms with E-state index in [1.165, 1.54) is 23.1 Å². The highest BCUT2D eigenvalue weighted by Crippen LogP contribution is 2.38. The van der Waals surface area contributed by atoms with Gasteiger partial charge in [-0.05, 0) is 56.2 Å². The van der Waals surface area contributed by atoms with Gasteiger partial charge in [-0.15, -0.1) is 21.5 Å². The van der Waals surface area contributed by atoms with Gasteiger partial charge in [-0.3, -0.25) is 14.4 Å². The van der Waals surface area contributed by atoms with Crippen LogP contribution in [0, 0.1) is 12.8 Å². The third kappa shape index (κ3) is 6.04. The van der Waals surface area contributed by atoms with Crippen LogP contribution < -0.4 is 16.4 Å². The van der Waals surface area contributed by atoms with Crippen molar-refractivity contribution in [3.05, 3.63) is 57.2 Å². The molecule has 1 atom stereocenters. The highest BCUT2D eigenvalue weighted by molar-refractivity contribution is 7.99. The SMILES string of the molecule is Cc1cccc(C(=O)N[C@@H](c2nnc(SCC(=O)Nc3sc4c(c3C(N)=O)CCCC4)n2C)C(C)C)c1. The van der Waals surface area contributed by atoms with Crippen LogP contribution in [0.4, 0.5) is 5.00 Å². The number of nitrogens with two attached hydrogens (primary N) is 1. The average molecular weight is 541 g/mol. The summed E-state index contributed by atoms with van der Waals surface area (Å²) in [7, 11) is 1.82. The van der Waals surface area contributed by atoms with Crippen molar-refractivity contribution in [3.63, 3.8) is 0 Å². The van der Waals surface area contributed by atoms with E-state index in [-0.39, 0.29) is 29.5 Å². The Balaban J connectivity index is 1.43. The standard InChI is InChI=1S/C26H32N6O3S2/c1-14(2)21(29-24(35)16-9-7-8-15(3)12-16)23-30-31-26(32(23)4)36-13-19(33)28-25-20(22(27)34)17-10-5-6-11-18(17)37-25/h7-9,12,14,21H,5-6,10-11,13H2,1-4H3,(H2,27,34)(H,28,33)(H,29,35)/t21-/m1/s1. The normalized spacial score (nSPS) is 13.8. The van der Waals surface area contributed by atoms with Crippen LogP contribution in [0.15, 0.2) is 29.4 Å². The molecular weight excluding hydrogens is 508 g/mol. The van der Waals surface area contributed by atoms with Crippen LogP contribution in [-0.2, 0) is 24.7 Å². The Kier molecular flexibility index (Phi) is 8.33. The van der Waals surface area contributed by atoms with Crippen LogP contribution in [0.25, 0.3) is 0 Å². The van der Waals surface area contributed by atoms with Crippen LogP contribution in [0.2, 0.25) is 0 Å². The van der Waals surface area contributed by atoms with Crippen LogP contribution in [0.5, 0.6) is 0 Å². The molecule has 1 aliphatic rings. The number of hydrogen-bond acceptors (Lipinski definition) is 7. The molecular formula is C26H32N6O3S2. The number of benzene rings is 1. The van der Waals surface area contributed by atoms with Gasteiger partial charge in [0.1, 0.15) is 5.00 Å². The second-order valence-electron chi connectivity index (χ2n) is 9.58. The first-order chi connectivity index (χ1) is 17.7. The van der Waals surface area contributed by atoms with E-state index < -0.39 is 5.91 Å². The molecule has 0 unspecified atom stereocenters. The lowest BCUT2D eigenvalue weighted by atomic mass is 9.95. The molecule has 37 heavy (non-hydrogen) atoms. The topological polar surface area (TPSA) is 132 Å². The number of aromatic nitrogens is 3. The fraction of sp³-hybridized carbons (Fsp3) is 0.423.